The third kappa shape index (κ3) is 5.39. The average molecular weight is 563 g/mol. The molecule has 0 aliphatic heterocycles. The van der Waals surface area contributed by atoms with E-state index in [9.17, 15) is 0 Å². The molecule has 8 saturated carbocycles. The summed E-state index contributed by atoms with van der Waals surface area (Å²) in [6, 6.07) is 23.4. The van der Waals surface area contributed by atoms with Gasteiger partial charge in [-0.15, -0.1) is 0 Å². The van der Waals surface area contributed by atoms with Crippen LogP contribution in [0.1, 0.15) is 127 Å². The predicted octanol–water partition coefficient (Wildman–Crippen LogP) is 12.1. The van der Waals surface area contributed by atoms with E-state index in [1.165, 1.54) is 74.3 Å². The fraction of sp³-hybridized carbons (Fsp3) is 0.619. The molecule has 0 radical (unpaired) electrons. The molecule has 0 nitrogen and oxygen atoms in total. The molecule has 8 aliphatic rings. The van der Waals surface area contributed by atoms with Gasteiger partial charge in [-0.25, -0.2) is 0 Å². The number of fused-ring (bicyclic) bond motifs is 1. The SMILES string of the molecule is CC.CC.Cc1ccc(C23CC4CC(CC(C4)C2)C3)c2ccccc12.Cc1ccc(C23CC4CC(CC(C4)C2)C3)cc1. The molecule has 0 heteroatoms. The lowest BCUT2D eigenvalue weighted by molar-refractivity contribution is -0.00521. The van der Waals surface area contributed by atoms with E-state index >= 15 is 0 Å². The first-order valence-electron chi connectivity index (χ1n) is 18.0. The Kier molecular flexibility index (Phi) is 8.66. The Morgan fingerprint density at radius 2 is 0.857 bits per heavy atom. The van der Waals surface area contributed by atoms with Crippen LogP contribution in [0, 0.1) is 49.4 Å². The number of aryl methyl sites for hydroxylation is 2. The highest BCUT2D eigenvalue weighted by Crippen LogP contribution is 2.62. The normalized spacial score (nSPS) is 36.3. The minimum atomic E-state index is 0.516. The van der Waals surface area contributed by atoms with Crippen molar-refractivity contribution in [1.29, 1.82) is 0 Å². The van der Waals surface area contributed by atoms with E-state index in [1.807, 2.05) is 27.7 Å². The molecule has 3 aromatic carbocycles. The van der Waals surface area contributed by atoms with Gasteiger partial charge in [-0.3, -0.25) is 0 Å². The maximum atomic E-state index is 2.48. The summed E-state index contributed by atoms with van der Waals surface area (Å²) in [6.07, 6.45) is 18.1. The summed E-state index contributed by atoms with van der Waals surface area (Å²) >= 11 is 0. The van der Waals surface area contributed by atoms with Crippen molar-refractivity contribution < 1.29 is 0 Å². The summed E-state index contributed by atoms with van der Waals surface area (Å²) in [6.45, 7) is 12.5. The third-order valence-corrected chi connectivity index (χ3v) is 12.5. The summed E-state index contributed by atoms with van der Waals surface area (Å²) in [4.78, 5) is 0. The Hall–Kier alpha value is -2.08. The number of rotatable bonds is 2. The molecule has 0 aromatic heterocycles. The molecule has 0 atom stereocenters. The van der Waals surface area contributed by atoms with Gasteiger partial charge in [0, 0.05) is 0 Å². The maximum Gasteiger partial charge on any atom is -0.00329 e. The molecule has 42 heavy (non-hydrogen) atoms. The minimum absolute atomic E-state index is 0.516. The van der Waals surface area contributed by atoms with Crippen molar-refractivity contribution in [2.45, 2.75) is 129 Å². The molecule has 0 N–H and O–H groups in total. The van der Waals surface area contributed by atoms with Crippen LogP contribution in [0.4, 0.5) is 0 Å². The summed E-state index contributed by atoms with van der Waals surface area (Å²) in [5.41, 5.74) is 7.27. The lowest BCUT2D eigenvalue weighted by atomic mass is 9.47. The lowest BCUT2D eigenvalue weighted by Gasteiger charge is -2.57. The van der Waals surface area contributed by atoms with Crippen LogP contribution >= 0.6 is 0 Å². The Balaban J connectivity index is 0.000000137. The van der Waals surface area contributed by atoms with Gasteiger partial charge in [0.1, 0.15) is 0 Å². The third-order valence-electron chi connectivity index (χ3n) is 12.5. The van der Waals surface area contributed by atoms with E-state index in [-0.39, 0.29) is 0 Å². The molecule has 226 valence electrons. The topological polar surface area (TPSA) is 0 Å². The van der Waals surface area contributed by atoms with E-state index < -0.39 is 0 Å². The van der Waals surface area contributed by atoms with Crippen LogP contribution in [0.2, 0.25) is 0 Å². The van der Waals surface area contributed by atoms with Gasteiger partial charge in [-0.2, -0.15) is 0 Å². The van der Waals surface area contributed by atoms with Crippen LogP contribution in [-0.4, -0.2) is 0 Å². The second-order valence-corrected chi connectivity index (χ2v) is 15.2. The zero-order chi connectivity index (χ0) is 29.5. The van der Waals surface area contributed by atoms with Crippen LogP contribution in [0.25, 0.3) is 10.8 Å². The number of benzene rings is 3. The molecule has 8 bridgehead atoms. The Morgan fingerprint density at radius 1 is 0.452 bits per heavy atom. The lowest BCUT2D eigenvalue weighted by Crippen LogP contribution is -2.48. The molecule has 3 aromatic rings. The van der Waals surface area contributed by atoms with E-state index in [4.69, 9.17) is 0 Å². The average Bonchev–Trinajstić information content (AvgIpc) is 2.99. The molecular formula is C42H58. The van der Waals surface area contributed by atoms with Gasteiger partial charge in [0.15, 0.2) is 0 Å². The van der Waals surface area contributed by atoms with Crippen molar-refractivity contribution in [3.63, 3.8) is 0 Å². The zero-order valence-corrected chi connectivity index (χ0v) is 27.7. The molecule has 8 aliphatic carbocycles. The second-order valence-electron chi connectivity index (χ2n) is 15.2. The predicted molar refractivity (Wildman–Crippen MR) is 182 cm³/mol. The van der Waals surface area contributed by atoms with E-state index in [2.05, 4.69) is 74.5 Å². The maximum absolute atomic E-state index is 2.48. The Morgan fingerprint density at radius 3 is 1.31 bits per heavy atom. The first-order valence-corrected chi connectivity index (χ1v) is 18.0. The minimum Gasteiger partial charge on any atom is -0.0683 e. The first-order chi connectivity index (χ1) is 20.5. The Labute approximate surface area is 258 Å². The van der Waals surface area contributed by atoms with Gasteiger partial charge in [-0.05, 0) is 165 Å². The van der Waals surface area contributed by atoms with Crippen molar-refractivity contribution in [2.75, 3.05) is 0 Å². The highest BCUT2D eigenvalue weighted by Gasteiger charge is 2.52. The van der Waals surface area contributed by atoms with Crippen molar-refractivity contribution in [2.24, 2.45) is 35.5 Å². The quantitative estimate of drug-likeness (QED) is 0.291. The summed E-state index contributed by atoms with van der Waals surface area (Å²) in [5.74, 6) is 6.25. The van der Waals surface area contributed by atoms with Gasteiger partial charge in [0.2, 0.25) is 0 Å². The molecule has 0 heterocycles. The van der Waals surface area contributed by atoms with Crippen molar-refractivity contribution in [3.05, 3.63) is 82.9 Å². The van der Waals surface area contributed by atoms with Gasteiger partial charge in [-0.1, -0.05) is 93.9 Å². The van der Waals surface area contributed by atoms with E-state index in [0.717, 1.165) is 35.5 Å². The van der Waals surface area contributed by atoms with Gasteiger partial charge >= 0.3 is 0 Å². The van der Waals surface area contributed by atoms with E-state index in [1.54, 1.807) is 35.8 Å². The fourth-order valence-electron chi connectivity index (χ4n) is 11.7. The van der Waals surface area contributed by atoms with Crippen LogP contribution in [-0.2, 0) is 10.8 Å². The number of hydrogen-bond donors (Lipinski definition) is 0. The Bertz CT molecular complexity index is 1270. The summed E-state index contributed by atoms with van der Waals surface area (Å²) in [7, 11) is 0. The molecule has 0 amide bonds. The van der Waals surface area contributed by atoms with Crippen molar-refractivity contribution in [1.82, 2.24) is 0 Å². The molecule has 0 spiro atoms. The van der Waals surface area contributed by atoms with Crippen molar-refractivity contribution >= 4 is 10.8 Å². The first kappa shape index (κ1) is 30.0. The van der Waals surface area contributed by atoms with Crippen molar-refractivity contribution in [3.8, 4) is 0 Å². The van der Waals surface area contributed by atoms with Gasteiger partial charge in [0.25, 0.3) is 0 Å². The standard InChI is InChI=1S/C21H24.C17H22.2C2H6/c1-14-6-7-20(19-5-3-2-4-18(14)19)21-11-15-8-16(12-21)10-17(9-15)13-21;1-12-2-4-16(5-3-12)17-9-13-6-14(10-17)8-15(7-13)11-17;2*1-2/h2-7,15-17H,8-13H2,1H3;2-5,13-15H,6-11H2,1H3;2*1-2H3. The zero-order valence-electron chi connectivity index (χ0n) is 27.7. The van der Waals surface area contributed by atoms with Crippen LogP contribution < -0.4 is 0 Å². The fourth-order valence-corrected chi connectivity index (χ4v) is 11.7. The molecule has 0 saturated heterocycles. The van der Waals surface area contributed by atoms with Gasteiger partial charge in [0.05, 0.1) is 0 Å². The summed E-state index contributed by atoms with van der Waals surface area (Å²) < 4.78 is 0. The monoisotopic (exact) mass is 562 g/mol. The molecule has 11 rings (SSSR count). The molecule has 8 fully saturated rings. The van der Waals surface area contributed by atoms with Gasteiger partial charge < -0.3 is 0 Å². The summed E-state index contributed by atoms with van der Waals surface area (Å²) in [5, 5.41) is 3.02. The smallest absolute Gasteiger partial charge is 0.00329 e. The van der Waals surface area contributed by atoms with E-state index in [0.29, 0.717) is 10.8 Å². The molecule has 0 unspecified atom stereocenters. The highest BCUT2D eigenvalue weighted by molar-refractivity contribution is 5.89. The largest absolute Gasteiger partial charge is 0.0683 e. The van der Waals surface area contributed by atoms with Crippen LogP contribution in [0.5, 0.6) is 0 Å². The van der Waals surface area contributed by atoms with Crippen LogP contribution in [0.15, 0.2) is 60.7 Å². The van der Waals surface area contributed by atoms with Crippen LogP contribution in [0.3, 0.4) is 0 Å². The molecular weight excluding hydrogens is 504 g/mol. The second kappa shape index (κ2) is 12.1. The number of hydrogen-bond acceptors (Lipinski definition) is 0. The highest BCUT2D eigenvalue weighted by atomic mass is 14.6.